The molecule has 1 rings (SSSR count). The van der Waals surface area contributed by atoms with Crippen LogP contribution in [0.1, 0.15) is 18.5 Å². The highest BCUT2D eigenvalue weighted by atomic mass is 32.2. The number of thiocarbonyl (C=S) groups is 1. The number of rotatable bonds is 8. The van der Waals surface area contributed by atoms with Gasteiger partial charge in [0.25, 0.3) is 0 Å². The first-order valence-corrected chi connectivity index (χ1v) is 9.00. The van der Waals surface area contributed by atoms with Crippen LogP contribution in [0.2, 0.25) is 0 Å². The van der Waals surface area contributed by atoms with Crippen molar-refractivity contribution in [2.45, 2.75) is 17.7 Å². The smallest absolute Gasteiger partial charge is 0.242 e. The number of nitrogens with zero attached hydrogens (tertiary/aromatic N) is 1. The molecule has 0 amide bonds. The van der Waals surface area contributed by atoms with Crippen molar-refractivity contribution in [2.24, 2.45) is 5.73 Å². The number of aromatic nitrogens is 1. The summed E-state index contributed by atoms with van der Waals surface area (Å²) < 4.78 is 26.4. The number of hydrogen-bond donors (Lipinski definition) is 2. The van der Waals surface area contributed by atoms with E-state index in [-0.39, 0.29) is 9.88 Å². The van der Waals surface area contributed by atoms with E-state index in [4.69, 9.17) is 18.0 Å². The molecule has 0 aromatic carbocycles. The maximum atomic E-state index is 11.9. The molecule has 0 spiro atoms. The van der Waals surface area contributed by atoms with Gasteiger partial charge in [-0.3, -0.25) is 4.98 Å². The number of hydrogen-bond acceptors (Lipinski definition) is 5. The van der Waals surface area contributed by atoms with E-state index in [9.17, 15) is 8.42 Å². The summed E-state index contributed by atoms with van der Waals surface area (Å²) >= 11 is 6.51. The van der Waals surface area contributed by atoms with Crippen LogP contribution in [-0.2, 0) is 10.0 Å². The standard InChI is InChI=1S/C11H17N3O2S3/c1-18-7-3-2-6-14-19(15,16)9-4-5-10(11(12)17)13-8-9/h4-5,8,14H,2-3,6-7H2,1H3,(H2,12,17). The van der Waals surface area contributed by atoms with Gasteiger partial charge in [-0.25, -0.2) is 13.1 Å². The fourth-order valence-corrected chi connectivity index (χ4v) is 2.98. The molecule has 0 aliphatic carbocycles. The van der Waals surface area contributed by atoms with Gasteiger partial charge in [0.15, 0.2) is 0 Å². The average molecular weight is 319 g/mol. The maximum Gasteiger partial charge on any atom is 0.242 e. The highest BCUT2D eigenvalue weighted by Gasteiger charge is 2.13. The minimum Gasteiger partial charge on any atom is -0.388 e. The second-order valence-corrected chi connectivity index (χ2v) is 7.03. The Kier molecular flexibility index (Phi) is 6.70. The average Bonchev–Trinajstić information content (AvgIpc) is 2.38. The van der Waals surface area contributed by atoms with E-state index in [2.05, 4.69) is 9.71 Å². The van der Waals surface area contributed by atoms with Crippen molar-refractivity contribution in [2.75, 3.05) is 18.6 Å². The number of nitrogens with two attached hydrogens (primary N) is 1. The number of sulfonamides is 1. The Morgan fingerprint density at radius 1 is 1.47 bits per heavy atom. The van der Waals surface area contributed by atoms with E-state index < -0.39 is 10.0 Å². The van der Waals surface area contributed by atoms with Crippen molar-refractivity contribution in [1.82, 2.24) is 9.71 Å². The van der Waals surface area contributed by atoms with Crippen LogP contribution in [0, 0.1) is 0 Å². The molecule has 0 saturated heterocycles. The molecule has 0 unspecified atom stereocenters. The Hall–Kier alpha value is -0.700. The summed E-state index contributed by atoms with van der Waals surface area (Å²) in [5.41, 5.74) is 5.81. The third-order valence-corrected chi connectivity index (χ3v) is 4.72. The molecule has 106 valence electrons. The zero-order chi connectivity index (χ0) is 14.3. The van der Waals surface area contributed by atoms with Gasteiger partial charge < -0.3 is 5.73 Å². The lowest BCUT2D eigenvalue weighted by atomic mass is 10.3. The fourth-order valence-electron chi connectivity index (χ4n) is 1.35. The van der Waals surface area contributed by atoms with Gasteiger partial charge in [0.2, 0.25) is 10.0 Å². The second-order valence-electron chi connectivity index (χ2n) is 3.84. The van der Waals surface area contributed by atoms with E-state index in [1.54, 1.807) is 11.8 Å². The minimum atomic E-state index is -3.49. The minimum absolute atomic E-state index is 0.123. The molecular formula is C11H17N3O2S3. The van der Waals surface area contributed by atoms with Crippen molar-refractivity contribution in [3.8, 4) is 0 Å². The first kappa shape index (κ1) is 16.4. The van der Waals surface area contributed by atoms with E-state index in [1.807, 2.05) is 6.26 Å². The van der Waals surface area contributed by atoms with Gasteiger partial charge in [-0.2, -0.15) is 11.8 Å². The van der Waals surface area contributed by atoms with Crippen molar-refractivity contribution < 1.29 is 8.42 Å². The van der Waals surface area contributed by atoms with Crippen molar-refractivity contribution in [3.63, 3.8) is 0 Å². The lowest BCUT2D eigenvalue weighted by Crippen LogP contribution is -2.25. The molecule has 0 aliphatic rings. The monoisotopic (exact) mass is 319 g/mol. The molecule has 0 radical (unpaired) electrons. The van der Waals surface area contributed by atoms with Crippen LogP contribution >= 0.6 is 24.0 Å². The summed E-state index contributed by atoms with van der Waals surface area (Å²) in [5.74, 6) is 1.03. The largest absolute Gasteiger partial charge is 0.388 e. The van der Waals surface area contributed by atoms with Crippen LogP contribution in [0.15, 0.2) is 23.2 Å². The molecule has 5 nitrogen and oxygen atoms in total. The molecule has 0 saturated carbocycles. The van der Waals surface area contributed by atoms with Crippen molar-refractivity contribution in [1.29, 1.82) is 0 Å². The first-order valence-electron chi connectivity index (χ1n) is 5.72. The van der Waals surface area contributed by atoms with Crippen LogP contribution in [0.3, 0.4) is 0 Å². The van der Waals surface area contributed by atoms with Crippen molar-refractivity contribution in [3.05, 3.63) is 24.0 Å². The summed E-state index contributed by atoms with van der Waals surface area (Å²) in [7, 11) is -3.49. The van der Waals surface area contributed by atoms with Gasteiger partial charge >= 0.3 is 0 Å². The first-order chi connectivity index (χ1) is 8.97. The summed E-state index contributed by atoms with van der Waals surface area (Å²) in [6.07, 6.45) is 5.10. The topological polar surface area (TPSA) is 85.1 Å². The molecule has 1 aromatic heterocycles. The summed E-state index contributed by atoms with van der Waals surface area (Å²) in [4.78, 5) is 4.18. The molecule has 0 atom stereocenters. The molecule has 3 N–H and O–H groups in total. The highest BCUT2D eigenvalue weighted by Crippen LogP contribution is 2.08. The Morgan fingerprint density at radius 3 is 2.74 bits per heavy atom. The maximum absolute atomic E-state index is 11.9. The van der Waals surface area contributed by atoms with Crippen LogP contribution in [-0.4, -0.2) is 36.9 Å². The molecule has 8 heteroatoms. The van der Waals surface area contributed by atoms with Crippen LogP contribution in [0.5, 0.6) is 0 Å². The zero-order valence-electron chi connectivity index (χ0n) is 10.6. The highest BCUT2D eigenvalue weighted by molar-refractivity contribution is 7.98. The quantitative estimate of drug-likeness (QED) is 0.552. The third kappa shape index (κ3) is 5.43. The third-order valence-electron chi connectivity index (χ3n) is 2.37. The van der Waals surface area contributed by atoms with Crippen LogP contribution in [0.4, 0.5) is 0 Å². The summed E-state index contributed by atoms with van der Waals surface area (Å²) in [6.45, 7) is 0.431. The lowest BCUT2D eigenvalue weighted by Gasteiger charge is -2.06. The Balaban J connectivity index is 2.59. The van der Waals surface area contributed by atoms with Gasteiger partial charge in [0, 0.05) is 12.7 Å². The predicted molar refractivity (Wildman–Crippen MR) is 82.9 cm³/mol. The number of nitrogens with one attached hydrogen (secondary N) is 1. The molecule has 19 heavy (non-hydrogen) atoms. The molecule has 0 bridgehead atoms. The van der Waals surface area contributed by atoms with E-state index >= 15 is 0 Å². The van der Waals surface area contributed by atoms with Gasteiger partial charge in [0.1, 0.15) is 9.88 Å². The normalized spacial score (nSPS) is 11.4. The zero-order valence-corrected chi connectivity index (χ0v) is 13.1. The molecule has 1 heterocycles. The second kappa shape index (κ2) is 7.78. The van der Waals surface area contributed by atoms with Crippen LogP contribution in [0.25, 0.3) is 0 Å². The van der Waals surface area contributed by atoms with Crippen molar-refractivity contribution >= 4 is 39.0 Å². The van der Waals surface area contributed by atoms with Gasteiger partial charge in [-0.05, 0) is 37.0 Å². The molecule has 0 fully saturated rings. The Labute approximate surface area is 123 Å². The number of unbranched alkanes of at least 4 members (excludes halogenated alkanes) is 1. The summed E-state index contributed by atoms with van der Waals surface area (Å²) in [6, 6.07) is 2.95. The molecular weight excluding hydrogens is 302 g/mol. The Bertz CT molecular complexity index is 514. The fraction of sp³-hybridized carbons (Fsp3) is 0.455. The molecule has 0 aliphatic heterocycles. The van der Waals surface area contributed by atoms with Crippen LogP contribution < -0.4 is 10.5 Å². The summed E-state index contributed by atoms with van der Waals surface area (Å²) in [5, 5.41) is 0. The van der Waals surface area contributed by atoms with E-state index in [0.29, 0.717) is 12.2 Å². The van der Waals surface area contributed by atoms with E-state index in [0.717, 1.165) is 18.6 Å². The SMILES string of the molecule is CSCCCCNS(=O)(=O)c1ccc(C(N)=S)nc1. The van der Waals surface area contributed by atoms with E-state index in [1.165, 1.54) is 18.3 Å². The lowest BCUT2D eigenvalue weighted by molar-refractivity contribution is 0.578. The predicted octanol–water partition coefficient (Wildman–Crippen LogP) is 1.14. The number of thioether (sulfide) groups is 1. The number of pyridine rings is 1. The Morgan fingerprint density at radius 2 is 2.21 bits per heavy atom. The van der Waals surface area contributed by atoms with Gasteiger partial charge in [0.05, 0.1) is 5.69 Å². The molecule has 1 aromatic rings. The van der Waals surface area contributed by atoms with Gasteiger partial charge in [-0.1, -0.05) is 12.2 Å². The van der Waals surface area contributed by atoms with Gasteiger partial charge in [-0.15, -0.1) is 0 Å².